The van der Waals surface area contributed by atoms with Crippen molar-refractivity contribution in [3.8, 4) is 5.75 Å². The number of nitrogens with zero attached hydrogens (tertiary/aromatic N) is 3. The lowest BCUT2D eigenvalue weighted by molar-refractivity contribution is -0.194. The molecule has 0 aliphatic carbocycles. The summed E-state index contributed by atoms with van der Waals surface area (Å²) in [5.41, 5.74) is 11.3. The Bertz CT molecular complexity index is 1240. The summed E-state index contributed by atoms with van der Waals surface area (Å²) in [4.78, 5) is 42.8. The zero-order chi connectivity index (χ0) is 23.2. The van der Waals surface area contributed by atoms with Crippen LogP contribution in [-0.2, 0) is 16.3 Å². The second-order valence-corrected chi connectivity index (χ2v) is 7.96. The van der Waals surface area contributed by atoms with Crippen molar-refractivity contribution < 1.29 is 19.4 Å². The first-order valence-corrected chi connectivity index (χ1v) is 10.7. The number of hydrazone groups is 1. The summed E-state index contributed by atoms with van der Waals surface area (Å²) in [7, 11) is 0. The smallest absolute Gasteiger partial charge is 0.271 e. The number of hydrazine groups is 1. The minimum atomic E-state index is -0.367. The van der Waals surface area contributed by atoms with Crippen LogP contribution in [0.2, 0.25) is 0 Å². The average molecular weight is 465 g/mol. The molecule has 168 valence electrons. The SMILES string of the molecule is CC(=O)NNc1nc(C)c(C(/C=C/c2ccc3c(c2)COO3)=N\NC(=O)c2ccncc2)s1. The van der Waals surface area contributed by atoms with E-state index in [9.17, 15) is 9.59 Å². The Balaban J connectivity index is 1.62. The predicted octanol–water partition coefficient (Wildman–Crippen LogP) is 2.98. The Hall–Kier alpha value is -4.09. The normalized spacial score (nSPS) is 12.8. The molecular formula is C22H20N6O4S. The number of anilines is 1. The number of nitrogens with one attached hydrogen (secondary N) is 3. The van der Waals surface area contributed by atoms with E-state index in [-0.39, 0.29) is 11.8 Å². The van der Waals surface area contributed by atoms with E-state index in [2.05, 4.69) is 31.3 Å². The van der Waals surface area contributed by atoms with Crippen LogP contribution >= 0.6 is 11.3 Å². The molecule has 10 nitrogen and oxygen atoms in total. The summed E-state index contributed by atoms with van der Waals surface area (Å²) in [5, 5.41) is 4.83. The zero-order valence-corrected chi connectivity index (χ0v) is 18.6. The standard InChI is InChI=1S/C22H20N6O4S/c1-13-20(33-22(24-13)28-25-14(2)29)18(26-27-21(30)16-7-9-23-10-8-16)5-3-15-4-6-19-17(11-15)12-31-32-19/h3-11H,12H2,1-2H3,(H,24,28)(H,25,29)(H,27,30)/b5-3+,26-18-. The van der Waals surface area contributed by atoms with Crippen LogP contribution in [0.5, 0.6) is 5.75 Å². The zero-order valence-electron chi connectivity index (χ0n) is 17.8. The van der Waals surface area contributed by atoms with Crippen LogP contribution in [0.1, 0.15) is 39.0 Å². The number of pyridine rings is 1. The Labute approximate surface area is 193 Å². The van der Waals surface area contributed by atoms with Crippen molar-refractivity contribution >= 4 is 40.1 Å². The van der Waals surface area contributed by atoms with Crippen LogP contribution in [0.3, 0.4) is 0 Å². The molecular weight excluding hydrogens is 444 g/mol. The molecule has 1 aromatic carbocycles. The summed E-state index contributed by atoms with van der Waals surface area (Å²) < 4.78 is 0. The van der Waals surface area contributed by atoms with Gasteiger partial charge in [0.25, 0.3) is 5.91 Å². The summed E-state index contributed by atoms with van der Waals surface area (Å²) >= 11 is 1.29. The quantitative estimate of drug-likeness (QED) is 0.279. The molecule has 0 unspecified atom stereocenters. The van der Waals surface area contributed by atoms with Gasteiger partial charge in [-0.05, 0) is 42.8 Å². The van der Waals surface area contributed by atoms with Gasteiger partial charge in [-0.2, -0.15) is 9.99 Å². The van der Waals surface area contributed by atoms with Gasteiger partial charge in [-0.15, -0.1) is 0 Å². The van der Waals surface area contributed by atoms with Crippen molar-refractivity contribution in [3.05, 3.63) is 76.1 Å². The van der Waals surface area contributed by atoms with Gasteiger partial charge >= 0.3 is 0 Å². The number of hydrogen-bond acceptors (Lipinski definition) is 9. The Kier molecular flexibility index (Phi) is 6.72. The maximum atomic E-state index is 12.5. The van der Waals surface area contributed by atoms with E-state index in [0.717, 1.165) is 16.0 Å². The van der Waals surface area contributed by atoms with Crippen molar-refractivity contribution in [1.29, 1.82) is 0 Å². The molecule has 0 saturated heterocycles. The fourth-order valence-electron chi connectivity index (χ4n) is 2.90. The first-order chi connectivity index (χ1) is 16.0. The summed E-state index contributed by atoms with van der Waals surface area (Å²) in [5.74, 6) is 0.0823. The van der Waals surface area contributed by atoms with Crippen LogP contribution in [0.4, 0.5) is 5.13 Å². The first-order valence-electron chi connectivity index (χ1n) is 9.88. The number of thiazole rings is 1. The molecule has 1 aliphatic rings. The van der Waals surface area contributed by atoms with Gasteiger partial charge in [-0.1, -0.05) is 23.5 Å². The molecule has 0 fully saturated rings. The Morgan fingerprint density at radius 1 is 1.21 bits per heavy atom. The lowest BCUT2D eigenvalue weighted by Gasteiger charge is -2.03. The summed E-state index contributed by atoms with van der Waals surface area (Å²) in [6.07, 6.45) is 6.73. The van der Waals surface area contributed by atoms with Crippen LogP contribution in [0, 0.1) is 6.92 Å². The third-order valence-electron chi connectivity index (χ3n) is 4.48. The van der Waals surface area contributed by atoms with Gasteiger partial charge in [-0.3, -0.25) is 25.4 Å². The van der Waals surface area contributed by atoms with Crippen molar-refractivity contribution in [1.82, 2.24) is 20.8 Å². The third kappa shape index (κ3) is 5.59. The fourth-order valence-corrected chi connectivity index (χ4v) is 3.79. The second-order valence-electron chi connectivity index (χ2n) is 6.96. The molecule has 2 aromatic heterocycles. The van der Waals surface area contributed by atoms with Crippen molar-refractivity contribution in [3.63, 3.8) is 0 Å². The lowest BCUT2D eigenvalue weighted by Crippen LogP contribution is -2.26. The van der Waals surface area contributed by atoms with E-state index < -0.39 is 0 Å². The highest BCUT2D eigenvalue weighted by Crippen LogP contribution is 2.28. The molecule has 1 aliphatic heterocycles. The molecule has 0 radical (unpaired) electrons. The van der Waals surface area contributed by atoms with Gasteiger partial charge in [0, 0.05) is 30.4 Å². The fraction of sp³-hybridized carbons (Fsp3) is 0.136. The number of carbonyl (C=O) groups excluding carboxylic acids is 2. The van der Waals surface area contributed by atoms with Crippen molar-refractivity contribution in [2.24, 2.45) is 5.10 Å². The monoisotopic (exact) mass is 464 g/mol. The van der Waals surface area contributed by atoms with Gasteiger partial charge in [0.05, 0.1) is 10.6 Å². The van der Waals surface area contributed by atoms with Crippen molar-refractivity contribution in [2.45, 2.75) is 20.5 Å². The van der Waals surface area contributed by atoms with E-state index in [1.807, 2.05) is 31.2 Å². The second kappa shape index (κ2) is 10.0. The van der Waals surface area contributed by atoms with Gasteiger partial charge in [0.15, 0.2) is 5.75 Å². The third-order valence-corrected chi connectivity index (χ3v) is 5.57. The van der Waals surface area contributed by atoms with Gasteiger partial charge in [-0.25, -0.2) is 10.4 Å². The van der Waals surface area contributed by atoms with Gasteiger partial charge in [0.2, 0.25) is 11.0 Å². The average Bonchev–Trinajstić information content (AvgIpc) is 3.44. The molecule has 3 N–H and O–H groups in total. The summed E-state index contributed by atoms with van der Waals surface area (Å²) in [6, 6.07) is 8.87. The summed E-state index contributed by atoms with van der Waals surface area (Å²) in [6.45, 7) is 3.60. The molecule has 4 rings (SSSR count). The van der Waals surface area contributed by atoms with Gasteiger partial charge in [0.1, 0.15) is 12.3 Å². The number of benzene rings is 1. The maximum absolute atomic E-state index is 12.5. The van der Waals surface area contributed by atoms with Crippen LogP contribution in [-0.4, -0.2) is 27.5 Å². The highest BCUT2D eigenvalue weighted by atomic mass is 32.1. The molecule has 0 atom stereocenters. The number of allylic oxidation sites excluding steroid dienone is 1. The van der Waals surface area contributed by atoms with E-state index in [0.29, 0.717) is 34.5 Å². The highest BCUT2D eigenvalue weighted by molar-refractivity contribution is 7.17. The Morgan fingerprint density at radius 2 is 2.03 bits per heavy atom. The number of carbonyl (C=O) groups is 2. The topological polar surface area (TPSA) is 127 Å². The van der Waals surface area contributed by atoms with Crippen LogP contribution in [0.25, 0.3) is 6.08 Å². The molecule has 0 spiro atoms. The Morgan fingerprint density at radius 3 is 2.82 bits per heavy atom. The predicted molar refractivity (Wildman–Crippen MR) is 123 cm³/mol. The number of rotatable bonds is 7. The van der Waals surface area contributed by atoms with Gasteiger partial charge < -0.3 is 4.89 Å². The number of fused-ring (bicyclic) bond motifs is 1. The van der Waals surface area contributed by atoms with Crippen LogP contribution in [0.15, 0.2) is 53.9 Å². The maximum Gasteiger partial charge on any atom is 0.271 e. The minimum absolute atomic E-state index is 0.243. The van der Waals surface area contributed by atoms with Crippen molar-refractivity contribution in [2.75, 3.05) is 5.43 Å². The number of aryl methyl sites for hydroxylation is 1. The molecule has 3 heterocycles. The van der Waals surface area contributed by atoms with Crippen LogP contribution < -0.4 is 21.2 Å². The van der Waals surface area contributed by atoms with E-state index >= 15 is 0 Å². The molecule has 3 aromatic rings. The molecule has 0 saturated carbocycles. The molecule has 33 heavy (non-hydrogen) atoms. The molecule has 11 heteroatoms. The molecule has 2 amide bonds. The van der Waals surface area contributed by atoms with E-state index in [1.54, 1.807) is 18.2 Å². The van der Waals surface area contributed by atoms with E-state index in [4.69, 9.17) is 9.78 Å². The number of amides is 2. The largest absolute Gasteiger partial charge is 0.337 e. The lowest BCUT2D eigenvalue weighted by atomic mass is 10.1. The number of aromatic nitrogens is 2. The highest BCUT2D eigenvalue weighted by Gasteiger charge is 2.15. The first kappa shape index (κ1) is 22.1. The van der Waals surface area contributed by atoms with E-state index in [1.165, 1.54) is 30.7 Å². The minimum Gasteiger partial charge on any atom is -0.337 e. The number of hydrogen-bond donors (Lipinski definition) is 3. The molecule has 0 bridgehead atoms.